The topological polar surface area (TPSA) is 29.7 Å². The van der Waals surface area contributed by atoms with E-state index in [2.05, 4.69) is 27.7 Å². The summed E-state index contributed by atoms with van der Waals surface area (Å²) in [6, 6.07) is 7.68. The first-order chi connectivity index (χ1) is 15.8. The number of hydrogen-bond donors (Lipinski definition) is 1. The Hall–Kier alpha value is -1.81. The molecule has 1 atom stereocenters. The number of quaternary nitrogens is 1. The first-order valence-corrected chi connectivity index (χ1v) is 13.6. The van der Waals surface area contributed by atoms with Crippen molar-refractivity contribution in [2.75, 3.05) is 26.2 Å². The highest BCUT2D eigenvalue weighted by Crippen LogP contribution is 2.44. The fourth-order valence-corrected chi connectivity index (χ4v) is 7.33. The molecule has 1 amide bonds. The average molecular weight is 435 g/mol. The second-order valence-electron chi connectivity index (χ2n) is 11.0. The van der Waals surface area contributed by atoms with Gasteiger partial charge in [-0.05, 0) is 87.0 Å². The van der Waals surface area contributed by atoms with Gasteiger partial charge in [0.05, 0.1) is 19.1 Å². The van der Waals surface area contributed by atoms with Crippen molar-refractivity contribution in [1.29, 1.82) is 0 Å². The number of benzene rings is 1. The summed E-state index contributed by atoms with van der Waals surface area (Å²) >= 11 is 0. The molecular formula is C28H40N3O+. The largest absolute Gasteiger partial charge is 0.341 e. The van der Waals surface area contributed by atoms with Gasteiger partial charge >= 0.3 is 0 Å². The third-order valence-electron chi connectivity index (χ3n) is 9.01. The number of hydrogen-bond acceptors (Lipinski definition) is 1. The van der Waals surface area contributed by atoms with Gasteiger partial charge in [0.2, 0.25) is 0 Å². The molecule has 1 saturated carbocycles. The standard InChI is InChI=1S/C28H39N3O/c32-27(20-29-15-6-1-2-7-16-29)30-17-18-31-25-14-13-22(21-9-4-3-5-10-21)19-24(25)23-11-8-12-26(30)28(23)31/h13-14,19,21,26H,1-12,15-18,20H2/p+1. The van der Waals surface area contributed by atoms with Gasteiger partial charge in [-0.25, -0.2) is 0 Å². The number of carbonyl (C=O) groups excluding carboxylic acids is 1. The molecule has 0 bridgehead atoms. The van der Waals surface area contributed by atoms with E-state index in [1.54, 1.807) is 11.1 Å². The highest BCUT2D eigenvalue weighted by Gasteiger charge is 2.38. The Balaban J connectivity index is 1.29. The summed E-state index contributed by atoms with van der Waals surface area (Å²) < 4.78 is 2.59. The summed E-state index contributed by atoms with van der Waals surface area (Å²) in [6.45, 7) is 4.92. The lowest BCUT2D eigenvalue weighted by Gasteiger charge is -2.40. The number of carbonyl (C=O) groups is 1. The van der Waals surface area contributed by atoms with E-state index in [4.69, 9.17) is 0 Å². The Labute approximate surface area is 192 Å². The van der Waals surface area contributed by atoms with E-state index >= 15 is 0 Å². The molecule has 0 spiro atoms. The van der Waals surface area contributed by atoms with Crippen molar-refractivity contribution in [3.63, 3.8) is 0 Å². The summed E-state index contributed by atoms with van der Waals surface area (Å²) in [7, 11) is 0. The van der Waals surface area contributed by atoms with Crippen LogP contribution in [-0.4, -0.2) is 41.6 Å². The third-order valence-corrected chi connectivity index (χ3v) is 9.01. The van der Waals surface area contributed by atoms with Crippen LogP contribution in [0.3, 0.4) is 0 Å². The summed E-state index contributed by atoms with van der Waals surface area (Å²) in [5.74, 6) is 1.16. The zero-order valence-corrected chi connectivity index (χ0v) is 19.7. The number of amides is 1. The molecule has 32 heavy (non-hydrogen) atoms. The van der Waals surface area contributed by atoms with Gasteiger partial charge in [-0.15, -0.1) is 0 Å². The minimum atomic E-state index is 0.303. The number of fused-ring (bicyclic) bond motifs is 3. The van der Waals surface area contributed by atoms with Gasteiger partial charge in [-0.3, -0.25) is 4.79 Å². The van der Waals surface area contributed by atoms with Crippen LogP contribution in [0.4, 0.5) is 0 Å². The molecule has 4 heteroatoms. The fraction of sp³-hybridized carbons (Fsp3) is 0.679. The normalized spacial score (nSPS) is 25.0. The SMILES string of the molecule is O=C(C[NH+]1CCCCCC1)N1CCn2c3c(c4cc(C5CCCCC5)ccc42)CCCC31. The van der Waals surface area contributed by atoms with Crippen LogP contribution in [0.2, 0.25) is 0 Å². The molecule has 1 aromatic heterocycles. The zero-order chi connectivity index (χ0) is 21.5. The highest BCUT2D eigenvalue weighted by atomic mass is 16.2. The van der Waals surface area contributed by atoms with Crippen LogP contribution in [0.15, 0.2) is 18.2 Å². The van der Waals surface area contributed by atoms with Gasteiger partial charge in [-0.1, -0.05) is 25.3 Å². The number of likely N-dealkylation sites (tertiary alicyclic amines) is 1. The van der Waals surface area contributed by atoms with Crippen LogP contribution in [0.5, 0.6) is 0 Å². The van der Waals surface area contributed by atoms with Gasteiger partial charge in [-0.2, -0.15) is 0 Å². The Morgan fingerprint density at radius 3 is 2.50 bits per heavy atom. The Morgan fingerprint density at radius 2 is 1.69 bits per heavy atom. The number of aromatic nitrogens is 1. The quantitative estimate of drug-likeness (QED) is 0.764. The van der Waals surface area contributed by atoms with Crippen molar-refractivity contribution < 1.29 is 9.69 Å². The molecule has 1 saturated heterocycles. The van der Waals surface area contributed by atoms with Crippen molar-refractivity contribution in [3.05, 3.63) is 35.0 Å². The first-order valence-electron chi connectivity index (χ1n) is 13.6. The van der Waals surface area contributed by atoms with E-state index in [-0.39, 0.29) is 0 Å². The molecule has 1 unspecified atom stereocenters. The van der Waals surface area contributed by atoms with Gasteiger partial charge in [0, 0.05) is 29.7 Å². The molecule has 2 aliphatic heterocycles. The fourth-order valence-electron chi connectivity index (χ4n) is 7.33. The lowest BCUT2D eigenvalue weighted by atomic mass is 9.83. The smallest absolute Gasteiger partial charge is 0.278 e. The summed E-state index contributed by atoms with van der Waals surface area (Å²) in [4.78, 5) is 17.3. The molecule has 3 heterocycles. The van der Waals surface area contributed by atoms with E-state index in [1.165, 1.54) is 105 Å². The summed E-state index contributed by atoms with van der Waals surface area (Å²) in [6.07, 6.45) is 15.7. The van der Waals surface area contributed by atoms with E-state index in [1.807, 2.05) is 0 Å². The molecular weight excluding hydrogens is 394 g/mol. The van der Waals surface area contributed by atoms with Crippen molar-refractivity contribution >= 4 is 16.8 Å². The maximum Gasteiger partial charge on any atom is 0.278 e. The van der Waals surface area contributed by atoms with Gasteiger partial charge in [0.15, 0.2) is 6.54 Å². The minimum absolute atomic E-state index is 0.303. The Bertz CT molecular complexity index is 978. The molecule has 2 aromatic rings. The average Bonchev–Trinajstić information content (AvgIpc) is 2.97. The molecule has 4 aliphatic rings. The molecule has 6 rings (SSSR count). The van der Waals surface area contributed by atoms with Crippen molar-refractivity contribution in [2.24, 2.45) is 0 Å². The van der Waals surface area contributed by atoms with E-state index < -0.39 is 0 Å². The zero-order valence-electron chi connectivity index (χ0n) is 19.7. The van der Waals surface area contributed by atoms with Crippen LogP contribution >= 0.6 is 0 Å². The number of nitrogens with zero attached hydrogens (tertiary/aromatic N) is 2. The maximum atomic E-state index is 13.5. The Morgan fingerprint density at radius 1 is 0.906 bits per heavy atom. The van der Waals surface area contributed by atoms with Crippen LogP contribution in [-0.2, 0) is 17.8 Å². The van der Waals surface area contributed by atoms with Gasteiger partial charge in [0.1, 0.15) is 0 Å². The molecule has 1 aromatic carbocycles. The van der Waals surface area contributed by atoms with Gasteiger partial charge < -0.3 is 14.4 Å². The monoisotopic (exact) mass is 434 g/mol. The Kier molecular flexibility index (Phi) is 5.75. The lowest BCUT2D eigenvalue weighted by Crippen LogP contribution is -3.13. The summed E-state index contributed by atoms with van der Waals surface area (Å²) in [5.41, 5.74) is 6.04. The highest BCUT2D eigenvalue weighted by molar-refractivity contribution is 5.88. The van der Waals surface area contributed by atoms with E-state index in [0.29, 0.717) is 18.5 Å². The molecule has 0 radical (unpaired) electrons. The molecule has 2 fully saturated rings. The third kappa shape index (κ3) is 3.69. The first kappa shape index (κ1) is 20.8. The lowest BCUT2D eigenvalue weighted by molar-refractivity contribution is -0.891. The van der Waals surface area contributed by atoms with Crippen LogP contribution in [0.25, 0.3) is 10.9 Å². The molecule has 4 nitrogen and oxygen atoms in total. The number of rotatable bonds is 3. The van der Waals surface area contributed by atoms with Crippen molar-refractivity contribution in [3.8, 4) is 0 Å². The van der Waals surface area contributed by atoms with Gasteiger partial charge in [0.25, 0.3) is 5.91 Å². The predicted octanol–water partition coefficient (Wildman–Crippen LogP) is 4.37. The van der Waals surface area contributed by atoms with Crippen LogP contribution < -0.4 is 4.90 Å². The van der Waals surface area contributed by atoms with E-state index in [9.17, 15) is 4.79 Å². The molecule has 2 aliphatic carbocycles. The second kappa shape index (κ2) is 8.85. The van der Waals surface area contributed by atoms with Crippen molar-refractivity contribution in [1.82, 2.24) is 9.47 Å². The van der Waals surface area contributed by atoms with Crippen LogP contribution in [0.1, 0.15) is 99.4 Å². The minimum Gasteiger partial charge on any atom is -0.341 e. The predicted molar refractivity (Wildman–Crippen MR) is 129 cm³/mol. The van der Waals surface area contributed by atoms with Crippen LogP contribution in [0, 0.1) is 0 Å². The molecule has 172 valence electrons. The molecule has 1 N–H and O–H groups in total. The summed E-state index contributed by atoms with van der Waals surface area (Å²) in [5, 5.41) is 1.50. The number of aryl methyl sites for hydroxylation is 1. The maximum absolute atomic E-state index is 13.5. The van der Waals surface area contributed by atoms with E-state index in [0.717, 1.165) is 25.4 Å². The number of nitrogens with one attached hydrogen (secondary N) is 1. The second-order valence-corrected chi connectivity index (χ2v) is 11.0. The van der Waals surface area contributed by atoms with Crippen molar-refractivity contribution in [2.45, 2.75) is 95.6 Å².